The Morgan fingerprint density at radius 2 is 2.42 bits per heavy atom. The maximum atomic E-state index is 9.01. The number of hydrogen-bond acceptors (Lipinski definition) is 6. The van der Waals surface area contributed by atoms with Gasteiger partial charge < -0.3 is 9.73 Å². The van der Waals surface area contributed by atoms with Crippen molar-refractivity contribution in [2.45, 2.75) is 6.04 Å². The Bertz CT molecular complexity index is 573. The molecule has 0 fully saturated rings. The van der Waals surface area contributed by atoms with Crippen molar-refractivity contribution in [1.82, 2.24) is 9.27 Å². The van der Waals surface area contributed by atoms with E-state index in [0.29, 0.717) is 17.1 Å². The normalized spacial score (nSPS) is 12.4. The van der Waals surface area contributed by atoms with E-state index in [2.05, 4.69) is 9.69 Å². The van der Waals surface area contributed by atoms with Crippen molar-refractivity contribution in [3.63, 3.8) is 0 Å². The maximum absolute atomic E-state index is 9.01. The summed E-state index contributed by atoms with van der Waals surface area (Å²) >= 11 is 7.02. The fraction of sp³-hybridized carbons (Fsp3) is 0.333. The zero-order chi connectivity index (χ0) is 13.8. The van der Waals surface area contributed by atoms with E-state index in [9.17, 15) is 0 Å². The van der Waals surface area contributed by atoms with Gasteiger partial charge in [0.2, 0.25) is 0 Å². The summed E-state index contributed by atoms with van der Waals surface area (Å²) in [7, 11) is 3.94. The van der Waals surface area contributed by atoms with Gasteiger partial charge in [-0.25, -0.2) is 0 Å². The summed E-state index contributed by atoms with van der Waals surface area (Å²) in [5.41, 5.74) is 0.392. The Morgan fingerprint density at radius 1 is 1.63 bits per heavy atom. The predicted molar refractivity (Wildman–Crippen MR) is 75.5 cm³/mol. The molecule has 0 unspecified atom stereocenters. The summed E-state index contributed by atoms with van der Waals surface area (Å²) in [6, 6.07) is 5.90. The van der Waals surface area contributed by atoms with Crippen LogP contribution in [-0.4, -0.2) is 29.9 Å². The first kappa shape index (κ1) is 13.9. The second-order valence-corrected chi connectivity index (χ2v) is 5.30. The van der Waals surface area contributed by atoms with E-state index in [1.807, 2.05) is 37.2 Å². The van der Waals surface area contributed by atoms with Crippen LogP contribution in [0.15, 0.2) is 22.8 Å². The summed E-state index contributed by atoms with van der Waals surface area (Å²) < 4.78 is 9.38. The van der Waals surface area contributed by atoms with Crippen molar-refractivity contribution in [2.75, 3.05) is 26.0 Å². The van der Waals surface area contributed by atoms with E-state index < -0.39 is 0 Å². The number of nitriles is 1. The van der Waals surface area contributed by atoms with Crippen LogP contribution < -0.4 is 5.32 Å². The highest BCUT2D eigenvalue weighted by molar-refractivity contribution is 7.10. The molecule has 0 spiro atoms. The molecule has 2 heterocycles. The zero-order valence-corrected chi connectivity index (χ0v) is 12.1. The van der Waals surface area contributed by atoms with Gasteiger partial charge in [-0.1, -0.05) is 11.6 Å². The van der Waals surface area contributed by atoms with Crippen LogP contribution in [-0.2, 0) is 0 Å². The van der Waals surface area contributed by atoms with Crippen LogP contribution in [0.25, 0.3) is 0 Å². The highest BCUT2D eigenvalue weighted by Crippen LogP contribution is 2.28. The Labute approximate surface area is 120 Å². The van der Waals surface area contributed by atoms with Crippen LogP contribution in [0.5, 0.6) is 0 Å². The Kier molecular flexibility index (Phi) is 4.43. The van der Waals surface area contributed by atoms with Crippen LogP contribution in [0.2, 0.25) is 5.15 Å². The molecule has 0 saturated heterocycles. The van der Waals surface area contributed by atoms with Gasteiger partial charge in [0, 0.05) is 6.54 Å². The first-order valence-corrected chi connectivity index (χ1v) is 6.77. The van der Waals surface area contributed by atoms with Crippen LogP contribution in [0, 0.1) is 11.3 Å². The third-order valence-corrected chi connectivity index (χ3v) is 3.89. The summed E-state index contributed by atoms with van der Waals surface area (Å²) in [6.45, 7) is 0.605. The highest BCUT2D eigenvalue weighted by Gasteiger charge is 2.18. The highest BCUT2D eigenvalue weighted by atomic mass is 35.5. The SMILES string of the molecule is CN(C)[C@H](CNc1snc(Cl)c1C#N)c1ccco1. The lowest BCUT2D eigenvalue weighted by Gasteiger charge is -2.22. The second kappa shape index (κ2) is 6.06. The molecule has 0 radical (unpaired) electrons. The molecule has 0 aliphatic carbocycles. The quantitative estimate of drug-likeness (QED) is 0.919. The number of nitrogens with zero attached hydrogens (tertiary/aromatic N) is 3. The Hall–Kier alpha value is -1.55. The van der Waals surface area contributed by atoms with Crippen LogP contribution >= 0.6 is 23.1 Å². The van der Waals surface area contributed by atoms with Crippen molar-refractivity contribution in [1.29, 1.82) is 5.26 Å². The maximum Gasteiger partial charge on any atom is 0.162 e. The Morgan fingerprint density at radius 3 is 3.00 bits per heavy atom. The van der Waals surface area contributed by atoms with E-state index in [-0.39, 0.29) is 11.2 Å². The second-order valence-electron chi connectivity index (χ2n) is 4.17. The van der Waals surface area contributed by atoms with Gasteiger partial charge in [0.15, 0.2) is 5.15 Å². The van der Waals surface area contributed by atoms with Gasteiger partial charge in [-0.2, -0.15) is 9.64 Å². The topological polar surface area (TPSA) is 65.1 Å². The van der Waals surface area contributed by atoms with Gasteiger partial charge in [-0.15, -0.1) is 0 Å². The molecular formula is C12H13ClN4OS. The number of halogens is 1. The standard InChI is InChI=1S/C12H13ClN4OS/c1-17(2)9(10-4-3-5-18-10)7-15-12-8(6-14)11(13)16-19-12/h3-5,9,15H,7H2,1-2H3/t9-/m1/s1. The molecule has 7 heteroatoms. The van der Waals surface area contributed by atoms with Gasteiger partial charge in [0.1, 0.15) is 22.4 Å². The molecule has 0 aromatic carbocycles. The molecule has 0 bridgehead atoms. The van der Waals surface area contributed by atoms with Crippen LogP contribution in [0.3, 0.4) is 0 Å². The third kappa shape index (κ3) is 3.07. The predicted octanol–water partition coefficient (Wildman–Crippen LogP) is 2.98. The van der Waals surface area contributed by atoms with E-state index >= 15 is 0 Å². The first-order chi connectivity index (χ1) is 9.13. The van der Waals surface area contributed by atoms with Crippen molar-refractivity contribution >= 4 is 28.1 Å². The monoisotopic (exact) mass is 296 g/mol. The molecule has 100 valence electrons. The summed E-state index contributed by atoms with van der Waals surface area (Å²) in [6.07, 6.45) is 1.65. The average molecular weight is 297 g/mol. The van der Waals surface area contributed by atoms with E-state index in [1.54, 1.807) is 6.26 Å². The van der Waals surface area contributed by atoms with Gasteiger partial charge in [-0.3, -0.25) is 4.90 Å². The molecule has 1 N–H and O–H groups in total. The number of rotatable bonds is 5. The molecule has 5 nitrogen and oxygen atoms in total. The van der Waals surface area contributed by atoms with Gasteiger partial charge in [0.25, 0.3) is 0 Å². The number of likely N-dealkylation sites (N-methyl/N-ethyl adjacent to an activating group) is 1. The number of aromatic nitrogens is 1. The molecule has 2 aromatic heterocycles. The molecular weight excluding hydrogens is 284 g/mol. The number of nitrogens with one attached hydrogen (secondary N) is 1. The summed E-state index contributed by atoms with van der Waals surface area (Å²) in [5.74, 6) is 0.867. The lowest BCUT2D eigenvalue weighted by atomic mass is 10.2. The van der Waals surface area contributed by atoms with Gasteiger partial charge in [-0.05, 0) is 37.8 Å². The molecule has 0 aliphatic rings. The van der Waals surface area contributed by atoms with E-state index in [0.717, 1.165) is 5.76 Å². The lowest BCUT2D eigenvalue weighted by Crippen LogP contribution is -2.26. The van der Waals surface area contributed by atoms with E-state index in [1.165, 1.54) is 11.5 Å². The molecule has 0 aliphatic heterocycles. The summed E-state index contributed by atoms with van der Waals surface area (Å²) in [4.78, 5) is 2.04. The largest absolute Gasteiger partial charge is 0.468 e. The molecule has 0 amide bonds. The van der Waals surface area contributed by atoms with Crippen molar-refractivity contribution in [2.24, 2.45) is 0 Å². The molecule has 19 heavy (non-hydrogen) atoms. The summed E-state index contributed by atoms with van der Waals surface area (Å²) in [5, 5.41) is 13.1. The average Bonchev–Trinajstić information content (AvgIpc) is 2.99. The van der Waals surface area contributed by atoms with Gasteiger partial charge in [0.05, 0.1) is 12.3 Å². The fourth-order valence-corrected chi connectivity index (χ4v) is 2.64. The smallest absolute Gasteiger partial charge is 0.162 e. The number of hydrogen-bond donors (Lipinski definition) is 1. The molecule has 1 atom stereocenters. The van der Waals surface area contributed by atoms with Crippen LogP contribution in [0.1, 0.15) is 17.4 Å². The zero-order valence-electron chi connectivity index (χ0n) is 10.6. The first-order valence-electron chi connectivity index (χ1n) is 5.62. The fourth-order valence-electron chi connectivity index (χ4n) is 1.70. The molecule has 2 rings (SSSR count). The van der Waals surface area contributed by atoms with Gasteiger partial charge >= 0.3 is 0 Å². The molecule has 0 saturated carbocycles. The third-order valence-electron chi connectivity index (χ3n) is 2.71. The number of furan rings is 1. The molecule has 2 aromatic rings. The minimum Gasteiger partial charge on any atom is -0.468 e. The van der Waals surface area contributed by atoms with Crippen LogP contribution in [0.4, 0.5) is 5.00 Å². The van der Waals surface area contributed by atoms with Crippen molar-refractivity contribution < 1.29 is 4.42 Å². The number of anilines is 1. The minimum absolute atomic E-state index is 0.0717. The van der Waals surface area contributed by atoms with E-state index in [4.69, 9.17) is 21.3 Å². The lowest BCUT2D eigenvalue weighted by molar-refractivity contribution is 0.269. The van der Waals surface area contributed by atoms with Crippen molar-refractivity contribution in [3.8, 4) is 6.07 Å². The minimum atomic E-state index is 0.0717. The van der Waals surface area contributed by atoms with Crippen molar-refractivity contribution in [3.05, 3.63) is 34.9 Å². The Balaban J connectivity index is 2.10.